The van der Waals surface area contributed by atoms with Crippen LogP contribution in [0.1, 0.15) is 250 Å². The molecule has 12 fully saturated rings. The smallest absolute Gasteiger partial charge is 0.0607 e. The van der Waals surface area contributed by atoms with Crippen LogP contribution in [0.5, 0.6) is 0 Å². The van der Waals surface area contributed by atoms with Crippen LogP contribution in [-0.4, -0.2) is 52.2 Å². The number of nitrogens with one attached hydrogen (secondary N) is 1. The molecule has 12 rings (SSSR count). The molecule has 3 aliphatic heterocycles. The SMILES string of the molecule is C1CCC(C2CC(C3CCCCC3)CC(N3C4CCCCC4C4CC(C5CCC6C(C5)C5CCCCC5N6C5CC(C6CCCCC6)CC(C6CCCCC6)N5)CCC43)C2)CC1. The van der Waals surface area contributed by atoms with Crippen LogP contribution in [0.3, 0.4) is 0 Å². The Bertz CT molecular complexity index is 1260. The fourth-order valence-electron chi connectivity index (χ4n) is 21.2. The van der Waals surface area contributed by atoms with Crippen molar-refractivity contribution in [2.24, 2.45) is 76.9 Å². The third-order valence-corrected chi connectivity index (χ3v) is 23.9. The molecule has 0 radical (unpaired) electrons. The first-order chi connectivity index (χ1) is 30.7. The zero-order valence-corrected chi connectivity index (χ0v) is 40.5. The van der Waals surface area contributed by atoms with E-state index < -0.39 is 0 Å². The third-order valence-electron chi connectivity index (χ3n) is 23.9. The second kappa shape index (κ2) is 19.5. The highest BCUT2D eigenvalue weighted by Crippen LogP contribution is 2.59. The molecule has 0 aromatic rings. The fourth-order valence-corrected chi connectivity index (χ4v) is 21.2. The molecule has 3 heteroatoms. The van der Waals surface area contributed by atoms with Gasteiger partial charge in [-0.3, -0.25) is 15.1 Å². The molecule has 1 N–H and O–H groups in total. The van der Waals surface area contributed by atoms with Crippen LogP contribution in [0.15, 0.2) is 0 Å². The van der Waals surface area contributed by atoms with Crippen LogP contribution in [0, 0.1) is 76.9 Å². The van der Waals surface area contributed by atoms with Crippen LogP contribution in [0.25, 0.3) is 0 Å². The van der Waals surface area contributed by atoms with Gasteiger partial charge in [0.25, 0.3) is 0 Å². The number of nitrogens with zero attached hydrogens (tertiary/aromatic N) is 2. The molecule has 0 spiro atoms. The predicted molar refractivity (Wildman–Crippen MR) is 259 cm³/mol. The normalized spacial score (nSPS) is 48.6. The average Bonchev–Trinajstić information content (AvgIpc) is 3.87. The Labute approximate surface area is 383 Å². The van der Waals surface area contributed by atoms with Gasteiger partial charge >= 0.3 is 0 Å². The summed E-state index contributed by atoms with van der Waals surface area (Å²) in [5.41, 5.74) is 0. The topological polar surface area (TPSA) is 18.5 Å². The first kappa shape index (κ1) is 43.2. The van der Waals surface area contributed by atoms with Crippen LogP contribution < -0.4 is 5.32 Å². The van der Waals surface area contributed by atoms with E-state index in [1.165, 1.54) is 103 Å². The van der Waals surface area contributed by atoms with Gasteiger partial charge in [-0.1, -0.05) is 141 Å². The quantitative estimate of drug-likeness (QED) is 0.275. The Kier molecular flexibility index (Phi) is 13.6. The number of piperidine rings is 1. The molecule has 0 aromatic carbocycles. The van der Waals surface area contributed by atoms with E-state index in [-0.39, 0.29) is 0 Å². The van der Waals surface area contributed by atoms with Crippen LogP contribution in [0.2, 0.25) is 0 Å². The first-order valence-corrected chi connectivity index (χ1v) is 30.0. The summed E-state index contributed by atoms with van der Waals surface area (Å²) in [4.78, 5) is 6.80. The maximum Gasteiger partial charge on any atom is 0.0607 e. The highest BCUT2D eigenvalue weighted by molar-refractivity contribution is 5.11. The van der Waals surface area contributed by atoms with Crippen molar-refractivity contribution in [1.82, 2.24) is 15.1 Å². The van der Waals surface area contributed by atoms with E-state index in [9.17, 15) is 0 Å². The molecular formula is C59H99N3. The van der Waals surface area contributed by atoms with Crippen LogP contribution >= 0.6 is 0 Å². The zero-order chi connectivity index (χ0) is 41.0. The van der Waals surface area contributed by atoms with Gasteiger partial charge in [-0.05, 0) is 186 Å². The van der Waals surface area contributed by atoms with Crippen LogP contribution in [0.4, 0.5) is 0 Å². The van der Waals surface area contributed by atoms with E-state index >= 15 is 0 Å². The van der Waals surface area contributed by atoms with Gasteiger partial charge in [0.1, 0.15) is 0 Å². The number of likely N-dealkylation sites (tertiary alicyclic amines) is 2. The third kappa shape index (κ3) is 8.54. The van der Waals surface area contributed by atoms with Gasteiger partial charge in [-0.2, -0.15) is 0 Å². The molecule has 9 aliphatic carbocycles. The van der Waals surface area contributed by atoms with Crippen molar-refractivity contribution in [3.05, 3.63) is 0 Å². The lowest BCUT2D eigenvalue weighted by atomic mass is 9.62. The van der Waals surface area contributed by atoms with Crippen molar-refractivity contribution in [3.63, 3.8) is 0 Å². The molecule has 15 unspecified atom stereocenters. The van der Waals surface area contributed by atoms with E-state index in [0.29, 0.717) is 6.17 Å². The largest absolute Gasteiger partial charge is 0.299 e. The molecule has 350 valence electrons. The number of hydrogen-bond acceptors (Lipinski definition) is 3. The molecular weight excluding hydrogens is 751 g/mol. The lowest BCUT2D eigenvalue weighted by Gasteiger charge is -2.51. The standard InChI is InChI=1S/C59H99N3/c1-5-17-40(18-6-1)46-33-47(41-19-7-2-8-20-41)35-49(34-46)61-55-27-15-13-25-50(55)52-36-44(29-31-57(52)61)45-30-32-58-53(37-45)51-26-14-16-28-56(51)62(58)59-39-48(42-21-9-3-10-22-42)38-54(60-59)43-23-11-4-12-24-43/h40-60H,1-39H2. The van der Waals surface area contributed by atoms with Crippen molar-refractivity contribution in [2.45, 2.75) is 293 Å². The first-order valence-electron chi connectivity index (χ1n) is 30.0. The molecule has 9 saturated carbocycles. The van der Waals surface area contributed by atoms with Crippen molar-refractivity contribution in [2.75, 3.05) is 0 Å². The Morgan fingerprint density at radius 3 is 1.16 bits per heavy atom. The summed E-state index contributed by atoms with van der Waals surface area (Å²) in [7, 11) is 0. The van der Waals surface area contributed by atoms with Gasteiger partial charge in [0.15, 0.2) is 0 Å². The summed E-state index contributed by atoms with van der Waals surface area (Å²) in [6, 6.07) is 5.46. The Balaban J connectivity index is 0.755. The molecule has 3 saturated heterocycles. The summed E-state index contributed by atoms with van der Waals surface area (Å²) in [6.45, 7) is 0. The molecule has 3 heterocycles. The van der Waals surface area contributed by atoms with Crippen molar-refractivity contribution in [3.8, 4) is 0 Å². The minimum Gasteiger partial charge on any atom is -0.299 e. The fraction of sp³-hybridized carbons (Fsp3) is 1.00. The van der Waals surface area contributed by atoms with Crippen molar-refractivity contribution < 1.29 is 0 Å². The zero-order valence-electron chi connectivity index (χ0n) is 40.5. The minimum absolute atomic E-state index is 0.693. The Morgan fingerprint density at radius 1 is 0.242 bits per heavy atom. The van der Waals surface area contributed by atoms with Crippen molar-refractivity contribution in [1.29, 1.82) is 0 Å². The molecule has 12 aliphatic rings. The second-order valence-electron chi connectivity index (χ2n) is 26.5. The van der Waals surface area contributed by atoms with E-state index in [1.54, 1.807) is 148 Å². The maximum absolute atomic E-state index is 4.62. The van der Waals surface area contributed by atoms with Gasteiger partial charge in [-0.25, -0.2) is 0 Å². The Morgan fingerprint density at radius 2 is 0.645 bits per heavy atom. The molecule has 0 bridgehead atoms. The summed E-state index contributed by atoms with van der Waals surface area (Å²) >= 11 is 0. The summed E-state index contributed by atoms with van der Waals surface area (Å²) in [6.07, 6.45) is 61.3. The monoisotopic (exact) mass is 850 g/mol. The van der Waals surface area contributed by atoms with E-state index in [1.807, 2.05) is 0 Å². The highest BCUT2D eigenvalue weighted by Gasteiger charge is 2.58. The molecule has 0 amide bonds. The van der Waals surface area contributed by atoms with E-state index in [0.717, 1.165) is 113 Å². The molecule has 3 nitrogen and oxygen atoms in total. The van der Waals surface area contributed by atoms with Gasteiger partial charge in [-0.15, -0.1) is 0 Å². The second-order valence-corrected chi connectivity index (χ2v) is 26.5. The highest BCUT2D eigenvalue weighted by atomic mass is 15.3. The van der Waals surface area contributed by atoms with Gasteiger partial charge in [0, 0.05) is 36.3 Å². The van der Waals surface area contributed by atoms with Crippen LogP contribution in [-0.2, 0) is 0 Å². The predicted octanol–water partition coefficient (Wildman–Crippen LogP) is 15.1. The number of rotatable bonds is 7. The van der Waals surface area contributed by atoms with Gasteiger partial charge in [0.2, 0.25) is 0 Å². The van der Waals surface area contributed by atoms with Gasteiger partial charge < -0.3 is 0 Å². The number of fused-ring (bicyclic) bond motifs is 6. The molecule has 15 atom stereocenters. The summed E-state index contributed by atoms with van der Waals surface area (Å²) in [5.74, 6) is 13.5. The minimum atomic E-state index is 0.693. The number of hydrogen-bond donors (Lipinski definition) is 1. The summed E-state index contributed by atoms with van der Waals surface area (Å²) < 4.78 is 0. The molecule has 62 heavy (non-hydrogen) atoms. The summed E-state index contributed by atoms with van der Waals surface area (Å²) in [5, 5.41) is 4.62. The van der Waals surface area contributed by atoms with Crippen molar-refractivity contribution >= 4 is 0 Å². The van der Waals surface area contributed by atoms with E-state index in [4.69, 9.17) is 0 Å². The lowest BCUT2D eigenvalue weighted by Crippen LogP contribution is -2.61. The lowest BCUT2D eigenvalue weighted by molar-refractivity contribution is -0.0127. The molecule has 0 aromatic heterocycles. The maximum atomic E-state index is 4.62. The van der Waals surface area contributed by atoms with Gasteiger partial charge in [0.05, 0.1) is 6.17 Å². The van der Waals surface area contributed by atoms with E-state index in [2.05, 4.69) is 15.1 Å². The Hall–Kier alpha value is -0.120. The average molecular weight is 850 g/mol.